The second kappa shape index (κ2) is 5.25. The molecule has 1 rings (SSSR count). The van der Waals surface area contributed by atoms with Gasteiger partial charge in [-0.15, -0.1) is 0 Å². The van der Waals surface area contributed by atoms with E-state index in [9.17, 15) is 8.42 Å². The predicted molar refractivity (Wildman–Crippen MR) is 59.1 cm³/mol. The SMILES string of the molecule is CC(CO)CN1CCN(S(C)(=O)=O)CC1. The summed E-state index contributed by atoms with van der Waals surface area (Å²) in [6, 6.07) is 0. The Morgan fingerprint density at radius 2 is 1.80 bits per heavy atom. The molecule has 1 saturated heterocycles. The summed E-state index contributed by atoms with van der Waals surface area (Å²) in [6.45, 7) is 5.67. The van der Waals surface area contributed by atoms with Crippen LogP contribution in [0.4, 0.5) is 0 Å². The molecule has 1 aliphatic rings. The summed E-state index contributed by atoms with van der Waals surface area (Å²) in [5.74, 6) is 0.259. The molecule has 0 bridgehead atoms. The number of aliphatic hydroxyl groups is 1. The van der Waals surface area contributed by atoms with Crippen LogP contribution in [0, 0.1) is 5.92 Å². The average molecular weight is 236 g/mol. The largest absolute Gasteiger partial charge is 0.396 e. The van der Waals surface area contributed by atoms with Gasteiger partial charge in [-0.1, -0.05) is 6.92 Å². The first-order valence-corrected chi connectivity index (χ1v) is 7.06. The smallest absolute Gasteiger partial charge is 0.211 e. The number of sulfonamides is 1. The Morgan fingerprint density at radius 3 is 2.20 bits per heavy atom. The molecule has 1 N–H and O–H groups in total. The Morgan fingerprint density at radius 1 is 1.27 bits per heavy atom. The minimum absolute atomic E-state index is 0.187. The van der Waals surface area contributed by atoms with Gasteiger partial charge in [0.1, 0.15) is 0 Å². The van der Waals surface area contributed by atoms with Crippen LogP contribution in [-0.2, 0) is 10.0 Å². The number of aliphatic hydroxyl groups excluding tert-OH is 1. The molecule has 0 saturated carbocycles. The summed E-state index contributed by atoms with van der Waals surface area (Å²) in [6.07, 6.45) is 1.25. The molecule has 5 nitrogen and oxygen atoms in total. The van der Waals surface area contributed by atoms with Crippen LogP contribution in [0.1, 0.15) is 6.92 Å². The number of rotatable bonds is 4. The van der Waals surface area contributed by atoms with Crippen molar-refractivity contribution in [1.29, 1.82) is 0 Å². The van der Waals surface area contributed by atoms with Crippen molar-refractivity contribution < 1.29 is 13.5 Å². The second-order valence-electron chi connectivity index (χ2n) is 4.25. The molecule has 0 spiro atoms. The summed E-state index contributed by atoms with van der Waals surface area (Å²) >= 11 is 0. The Balaban J connectivity index is 2.36. The van der Waals surface area contributed by atoms with Crippen LogP contribution in [-0.4, -0.2) is 68.3 Å². The second-order valence-corrected chi connectivity index (χ2v) is 6.23. The molecule has 0 aromatic carbocycles. The fourth-order valence-electron chi connectivity index (χ4n) is 1.74. The Bertz CT molecular complexity index is 284. The maximum atomic E-state index is 11.2. The third-order valence-electron chi connectivity index (χ3n) is 2.68. The van der Waals surface area contributed by atoms with E-state index >= 15 is 0 Å². The lowest BCUT2D eigenvalue weighted by atomic mass is 10.2. The highest BCUT2D eigenvalue weighted by atomic mass is 32.2. The quantitative estimate of drug-likeness (QED) is 0.694. The van der Waals surface area contributed by atoms with Gasteiger partial charge in [0.05, 0.1) is 6.26 Å². The van der Waals surface area contributed by atoms with Crippen molar-refractivity contribution in [1.82, 2.24) is 9.21 Å². The first-order valence-electron chi connectivity index (χ1n) is 5.22. The van der Waals surface area contributed by atoms with Gasteiger partial charge in [0.25, 0.3) is 0 Å². The lowest BCUT2D eigenvalue weighted by Crippen LogP contribution is -2.49. The molecule has 90 valence electrons. The normalized spacial score (nSPS) is 22.9. The Hall–Kier alpha value is -0.170. The zero-order chi connectivity index (χ0) is 11.5. The van der Waals surface area contributed by atoms with Gasteiger partial charge < -0.3 is 10.0 Å². The summed E-state index contributed by atoms with van der Waals surface area (Å²) in [7, 11) is -3.03. The number of hydrogen-bond acceptors (Lipinski definition) is 4. The fourth-order valence-corrected chi connectivity index (χ4v) is 2.57. The van der Waals surface area contributed by atoms with Gasteiger partial charge in [-0.05, 0) is 5.92 Å². The van der Waals surface area contributed by atoms with Crippen molar-refractivity contribution >= 4 is 10.0 Å². The molecule has 0 amide bonds. The van der Waals surface area contributed by atoms with E-state index in [-0.39, 0.29) is 12.5 Å². The van der Waals surface area contributed by atoms with E-state index in [1.54, 1.807) is 0 Å². The molecule has 0 aromatic heterocycles. The van der Waals surface area contributed by atoms with Gasteiger partial charge >= 0.3 is 0 Å². The van der Waals surface area contributed by atoms with E-state index in [1.165, 1.54) is 10.6 Å². The summed E-state index contributed by atoms with van der Waals surface area (Å²) in [5, 5.41) is 8.91. The molecular formula is C9H20N2O3S. The van der Waals surface area contributed by atoms with Crippen LogP contribution in [0.2, 0.25) is 0 Å². The molecule has 1 atom stereocenters. The van der Waals surface area contributed by atoms with Crippen LogP contribution in [0.3, 0.4) is 0 Å². The van der Waals surface area contributed by atoms with Gasteiger partial charge in [0, 0.05) is 39.3 Å². The van der Waals surface area contributed by atoms with E-state index in [4.69, 9.17) is 5.11 Å². The van der Waals surface area contributed by atoms with E-state index in [0.717, 1.165) is 19.6 Å². The van der Waals surface area contributed by atoms with Crippen molar-refractivity contribution in [3.05, 3.63) is 0 Å². The minimum atomic E-state index is -3.03. The molecule has 1 fully saturated rings. The van der Waals surface area contributed by atoms with Crippen LogP contribution >= 0.6 is 0 Å². The van der Waals surface area contributed by atoms with Crippen molar-refractivity contribution in [2.75, 3.05) is 45.6 Å². The molecule has 0 aliphatic carbocycles. The molecule has 0 aromatic rings. The van der Waals surface area contributed by atoms with Crippen molar-refractivity contribution in [3.8, 4) is 0 Å². The lowest BCUT2D eigenvalue weighted by Gasteiger charge is -2.34. The van der Waals surface area contributed by atoms with E-state index in [2.05, 4.69) is 4.90 Å². The molecule has 15 heavy (non-hydrogen) atoms. The number of nitrogens with zero attached hydrogens (tertiary/aromatic N) is 2. The Kier molecular flexibility index (Phi) is 4.51. The van der Waals surface area contributed by atoms with Gasteiger partial charge in [0.15, 0.2) is 0 Å². The third kappa shape index (κ3) is 4.06. The zero-order valence-corrected chi connectivity index (χ0v) is 10.2. The summed E-state index contributed by atoms with van der Waals surface area (Å²) < 4.78 is 24.0. The third-order valence-corrected chi connectivity index (χ3v) is 3.99. The molecule has 1 heterocycles. The highest BCUT2D eigenvalue weighted by Crippen LogP contribution is 2.07. The van der Waals surface area contributed by atoms with Gasteiger partial charge in [0.2, 0.25) is 10.0 Å². The number of piperazine rings is 1. The monoisotopic (exact) mass is 236 g/mol. The van der Waals surface area contributed by atoms with E-state index in [1.807, 2.05) is 6.92 Å². The minimum Gasteiger partial charge on any atom is -0.396 e. The maximum absolute atomic E-state index is 11.2. The van der Waals surface area contributed by atoms with Crippen LogP contribution in [0.25, 0.3) is 0 Å². The number of hydrogen-bond donors (Lipinski definition) is 1. The molecule has 0 radical (unpaired) electrons. The van der Waals surface area contributed by atoms with Crippen LogP contribution in [0.5, 0.6) is 0 Å². The highest BCUT2D eigenvalue weighted by Gasteiger charge is 2.23. The molecule has 1 unspecified atom stereocenters. The molecular weight excluding hydrogens is 216 g/mol. The van der Waals surface area contributed by atoms with Gasteiger partial charge in [-0.25, -0.2) is 8.42 Å². The van der Waals surface area contributed by atoms with Crippen molar-refractivity contribution in [3.63, 3.8) is 0 Å². The Labute approximate surface area is 91.7 Å². The average Bonchev–Trinajstić information content (AvgIpc) is 2.17. The standard InChI is InChI=1S/C9H20N2O3S/c1-9(8-12)7-10-3-5-11(6-4-10)15(2,13)14/h9,12H,3-8H2,1-2H3. The van der Waals surface area contributed by atoms with Crippen LogP contribution < -0.4 is 0 Å². The fraction of sp³-hybridized carbons (Fsp3) is 1.00. The first kappa shape index (κ1) is 12.9. The van der Waals surface area contributed by atoms with Crippen molar-refractivity contribution in [2.24, 2.45) is 5.92 Å². The van der Waals surface area contributed by atoms with Gasteiger partial charge in [-0.3, -0.25) is 0 Å². The van der Waals surface area contributed by atoms with Gasteiger partial charge in [-0.2, -0.15) is 4.31 Å². The van der Waals surface area contributed by atoms with Crippen LogP contribution in [0.15, 0.2) is 0 Å². The maximum Gasteiger partial charge on any atom is 0.211 e. The highest BCUT2D eigenvalue weighted by molar-refractivity contribution is 7.88. The predicted octanol–water partition coefficient (Wildman–Crippen LogP) is -0.808. The van der Waals surface area contributed by atoms with E-state index < -0.39 is 10.0 Å². The van der Waals surface area contributed by atoms with E-state index in [0.29, 0.717) is 13.1 Å². The summed E-state index contributed by atoms with van der Waals surface area (Å²) in [4.78, 5) is 2.20. The van der Waals surface area contributed by atoms with Crippen molar-refractivity contribution in [2.45, 2.75) is 6.92 Å². The lowest BCUT2D eigenvalue weighted by molar-refractivity contribution is 0.139. The summed E-state index contributed by atoms with van der Waals surface area (Å²) in [5.41, 5.74) is 0. The first-order chi connectivity index (χ1) is 6.93. The molecule has 1 aliphatic heterocycles. The topological polar surface area (TPSA) is 60.9 Å². The zero-order valence-electron chi connectivity index (χ0n) is 9.39. The molecule has 6 heteroatoms.